The molecule has 2 rings (SSSR count). The summed E-state index contributed by atoms with van der Waals surface area (Å²) in [5.74, 6) is 0.0408. The van der Waals surface area contributed by atoms with Gasteiger partial charge in [-0.2, -0.15) is 0 Å². The minimum absolute atomic E-state index is 0.173. The summed E-state index contributed by atoms with van der Waals surface area (Å²) in [5.41, 5.74) is 6.45. The maximum atomic E-state index is 11.9. The number of hydrogen-bond acceptors (Lipinski definition) is 5. The fraction of sp³-hybridized carbons (Fsp3) is 0.417. The number of rotatable bonds is 3. The molecule has 0 saturated carbocycles. The zero-order valence-corrected chi connectivity index (χ0v) is 9.64. The van der Waals surface area contributed by atoms with Crippen LogP contribution in [0.15, 0.2) is 18.2 Å². The van der Waals surface area contributed by atoms with Gasteiger partial charge in [0.25, 0.3) is 0 Å². The molecule has 2 N–H and O–H groups in total. The van der Waals surface area contributed by atoms with E-state index in [1.54, 1.807) is 18.2 Å². The Bertz CT molecular complexity index is 413. The van der Waals surface area contributed by atoms with E-state index in [0.717, 1.165) is 6.42 Å². The van der Waals surface area contributed by atoms with Crippen molar-refractivity contribution >= 4 is 11.7 Å². The number of nitrogens with two attached hydrogens (primary N) is 1. The Morgan fingerprint density at radius 1 is 1.53 bits per heavy atom. The third-order valence-corrected chi connectivity index (χ3v) is 2.67. The lowest BCUT2D eigenvalue weighted by Gasteiger charge is -2.12. The number of esters is 1. The van der Waals surface area contributed by atoms with Gasteiger partial charge in [0, 0.05) is 6.42 Å². The Kier molecular flexibility index (Phi) is 3.49. The summed E-state index contributed by atoms with van der Waals surface area (Å²) < 4.78 is 15.5. The molecule has 0 aliphatic carbocycles. The van der Waals surface area contributed by atoms with Crippen LogP contribution in [0.25, 0.3) is 0 Å². The molecule has 1 atom stereocenters. The predicted molar refractivity (Wildman–Crippen MR) is 62.0 cm³/mol. The van der Waals surface area contributed by atoms with Crippen LogP contribution in [0, 0.1) is 0 Å². The monoisotopic (exact) mass is 237 g/mol. The summed E-state index contributed by atoms with van der Waals surface area (Å²) in [7, 11) is 1.51. The molecule has 1 aliphatic rings. The van der Waals surface area contributed by atoms with Crippen molar-refractivity contribution in [3.8, 4) is 5.75 Å². The van der Waals surface area contributed by atoms with Gasteiger partial charge in [0.05, 0.1) is 31.6 Å². The maximum absolute atomic E-state index is 11.9. The van der Waals surface area contributed by atoms with Gasteiger partial charge < -0.3 is 19.9 Å². The molecule has 0 bridgehead atoms. The van der Waals surface area contributed by atoms with Gasteiger partial charge in [0.1, 0.15) is 11.9 Å². The number of carbonyl (C=O) groups excluding carboxylic acids is 1. The van der Waals surface area contributed by atoms with Gasteiger partial charge in [0.2, 0.25) is 0 Å². The van der Waals surface area contributed by atoms with Crippen LogP contribution in [-0.4, -0.2) is 32.4 Å². The summed E-state index contributed by atoms with van der Waals surface area (Å²) in [6, 6.07) is 5.03. The molecule has 1 aromatic rings. The molecular weight excluding hydrogens is 222 g/mol. The van der Waals surface area contributed by atoms with Gasteiger partial charge in [-0.25, -0.2) is 4.79 Å². The number of carbonyl (C=O) groups is 1. The fourth-order valence-electron chi connectivity index (χ4n) is 1.72. The molecule has 17 heavy (non-hydrogen) atoms. The first-order valence-electron chi connectivity index (χ1n) is 5.43. The van der Waals surface area contributed by atoms with E-state index in [4.69, 9.17) is 19.9 Å². The second-order valence-corrected chi connectivity index (χ2v) is 3.81. The standard InChI is InChI=1S/C12H15NO4/c1-15-10-4-2-3-9(11(10)13)12(14)17-8-5-6-16-7-8/h2-4,8H,5-7,13H2,1H3. The van der Waals surface area contributed by atoms with Crippen LogP contribution in [0.3, 0.4) is 0 Å². The van der Waals surface area contributed by atoms with Crippen LogP contribution in [0.2, 0.25) is 0 Å². The van der Waals surface area contributed by atoms with Crippen LogP contribution in [0.4, 0.5) is 5.69 Å². The van der Waals surface area contributed by atoms with E-state index >= 15 is 0 Å². The third-order valence-electron chi connectivity index (χ3n) is 2.67. The van der Waals surface area contributed by atoms with Crippen molar-refractivity contribution < 1.29 is 19.0 Å². The zero-order valence-electron chi connectivity index (χ0n) is 9.64. The molecule has 0 aromatic heterocycles. The highest BCUT2D eigenvalue weighted by atomic mass is 16.6. The van der Waals surface area contributed by atoms with Gasteiger partial charge >= 0.3 is 5.97 Å². The van der Waals surface area contributed by atoms with E-state index in [1.165, 1.54) is 7.11 Å². The molecule has 1 fully saturated rings. The van der Waals surface area contributed by atoms with Crippen molar-refractivity contribution in [2.45, 2.75) is 12.5 Å². The molecule has 0 radical (unpaired) electrons. The van der Waals surface area contributed by atoms with Crippen molar-refractivity contribution in [2.24, 2.45) is 0 Å². The van der Waals surface area contributed by atoms with Crippen LogP contribution in [0.5, 0.6) is 5.75 Å². The first kappa shape index (κ1) is 11.7. The van der Waals surface area contributed by atoms with Gasteiger partial charge in [-0.05, 0) is 12.1 Å². The van der Waals surface area contributed by atoms with Crippen molar-refractivity contribution in [1.29, 1.82) is 0 Å². The van der Waals surface area contributed by atoms with E-state index in [1.807, 2.05) is 0 Å². The first-order chi connectivity index (χ1) is 8.22. The largest absolute Gasteiger partial charge is 0.495 e. The maximum Gasteiger partial charge on any atom is 0.340 e. The lowest BCUT2D eigenvalue weighted by atomic mass is 10.1. The minimum atomic E-state index is -0.433. The van der Waals surface area contributed by atoms with E-state index in [2.05, 4.69) is 0 Å². The molecule has 5 nitrogen and oxygen atoms in total. The minimum Gasteiger partial charge on any atom is -0.495 e. The highest BCUT2D eigenvalue weighted by molar-refractivity contribution is 5.96. The molecule has 1 saturated heterocycles. The summed E-state index contributed by atoms with van der Waals surface area (Å²) >= 11 is 0. The van der Waals surface area contributed by atoms with Gasteiger partial charge in [-0.3, -0.25) is 0 Å². The lowest BCUT2D eigenvalue weighted by Crippen LogP contribution is -2.19. The third kappa shape index (κ3) is 2.50. The van der Waals surface area contributed by atoms with Crippen molar-refractivity contribution in [3.63, 3.8) is 0 Å². The number of nitrogen functional groups attached to an aromatic ring is 1. The Balaban J connectivity index is 2.12. The van der Waals surface area contributed by atoms with Crippen molar-refractivity contribution in [2.75, 3.05) is 26.1 Å². The topological polar surface area (TPSA) is 70.8 Å². The summed E-state index contributed by atoms with van der Waals surface area (Å²) in [6.45, 7) is 1.08. The highest BCUT2D eigenvalue weighted by Gasteiger charge is 2.22. The quantitative estimate of drug-likeness (QED) is 0.632. The number of para-hydroxylation sites is 1. The molecule has 1 aromatic carbocycles. The number of methoxy groups -OCH3 is 1. The van der Waals surface area contributed by atoms with Crippen LogP contribution in [0.1, 0.15) is 16.8 Å². The molecule has 1 unspecified atom stereocenters. The van der Waals surface area contributed by atoms with E-state index in [9.17, 15) is 4.79 Å². The van der Waals surface area contributed by atoms with Gasteiger partial charge in [-0.1, -0.05) is 6.07 Å². The average Bonchev–Trinajstić information content (AvgIpc) is 2.82. The highest BCUT2D eigenvalue weighted by Crippen LogP contribution is 2.26. The van der Waals surface area contributed by atoms with Crippen molar-refractivity contribution in [3.05, 3.63) is 23.8 Å². The van der Waals surface area contributed by atoms with Gasteiger partial charge in [-0.15, -0.1) is 0 Å². The van der Waals surface area contributed by atoms with Crippen LogP contribution < -0.4 is 10.5 Å². The average molecular weight is 237 g/mol. The number of hydrogen-bond donors (Lipinski definition) is 1. The molecule has 5 heteroatoms. The SMILES string of the molecule is COc1cccc(C(=O)OC2CCOC2)c1N. The number of anilines is 1. The summed E-state index contributed by atoms with van der Waals surface area (Å²) in [4.78, 5) is 11.9. The summed E-state index contributed by atoms with van der Waals surface area (Å²) in [5, 5.41) is 0. The summed E-state index contributed by atoms with van der Waals surface area (Å²) in [6.07, 6.45) is 0.559. The fourth-order valence-corrected chi connectivity index (χ4v) is 1.72. The zero-order chi connectivity index (χ0) is 12.3. The molecule has 92 valence electrons. The number of ether oxygens (including phenoxy) is 3. The predicted octanol–water partition coefficient (Wildman–Crippen LogP) is 1.22. The van der Waals surface area contributed by atoms with E-state index in [0.29, 0.717) is 30.2 Å². The smallest absolute Gasteiger partial charge is 0.340 e. The molecule has 0 spiro atoms. The van der Waals surface area contributed by atoms with E-state index < -0.39 is 5.97 Å². The van der Waals surface area contributed by atoms with Crippen LogP contribution >= 0.6 is 0 Å². The Labute approximate surface area is 99.5 Å². The van der Waals surface area contributed by atoms with Gasteiger partial charge in [0.15, 0.2) is 0 Å². The molecule has 1 heterocycles. The Morgan fingerprint density at radius 3 is 3.00 bits per heavy atom. The second kappa shape index (κ2) is 5.05. The molecular formula is C12H15NO4. The molecule has 1 aliphatic heterocycles. The Morgan fingerprint density at radius 2 is 2.35 bits per heavy atom. The lowest BCUT2D eigenvalue weighted by molar-refractivity contribution is 0.0271. The first-order valence-corrected chi connectivity index (χ1v) is 5.43. The normalized spacial score (nSPS) is 19.0. The molecule has 0 amide bonds. The number of benzene rings is 1. The van der Waals surface area contributed by atoms with Crippen LogP contribution in [-0.2, 0) is 9.47 Å². The second-order valence-electron chi connectivity index (χ2n) is 3.81. The van der Waals surface area contributed by atoms with Crippen molar-refractivity contribution in [1.82, 2.24) is 0 Å². The Hall–Kier alpha value is -1.75. The van der Waals surface area contributed by atoms with E-state index in [-0.39, 0.29) is 6.10 Å².